The van der Waals surface area contributed by atoms with Crippen molar-refractivity contribution in [3.63, 3.8) is 0 Å². The molecule has 0 aliphatic carbocycles. The Morgan fingerprint density at radius 1 is 1.16 bits per heavy atom. The number of aromatic nitrogens is 1. The fourth-order valence-corrected chi connectivity index (χ4v) is 4.03. The molecule has 0 radical (unpaired) electrons. The van der Waals surface area contributed by atoms with Crippen LogP contribution in [-0.4, -0.2) is 54.5 Å². The number of nitrogens with one attached hydrogen (secondary N) is 1. The van der Waals surface area contributed by atoms with Crippen molar-refractivity contribution >= 4 is 41.3 Å². The summed E-state index contributed by atoms with van der Waals surface area (Å²) in [6.45, 7) is 13.8. The lowest BCUT2D eigenvalue weighted by Gasteiger charge is -2.22. The van der Waals surface area contributed by atoms with Gasteiger partial charge in [0.25, 0.3) is 0 Å². The van der Waals surface area contributed by atoms with Crippen LogP contribution in [0.25, 0.3) is 0 Å². The molecule has 0 saturated carbocycles. The van der Waals surface area contributed by atoms with Crippen molar-refractivity contribution in [2.24, 2.45) is 4.99 Å². The zero-order chi connectivity index (χ0) is 21.9. The average molecular weight is 560 g/mol. The van der Waals surface area contributed by atoms with Gasteiger partial charge in [-0.25, -0.2) is 9.98 Å². The van der Waals surface area contributed by atoms with Crippen molar-refractivity contribution in [1.82, 2.24) is 20.1 Å². The van der Waals surface area contributed by atoms with Gasteiger partial charge in [-0.2, -0.15) is 0 Å². The van der Waals surface area contributed by atoms with Crippen molar-refractivity contribution in [1.29, 1.82) is 0 Å². The Morgan fingerprint density at radius 3 is 2.45 bits per heavy atom. The van der Waals surface area contributed by atoms with Crippen molar-refractivity contribution in [3.8, 4) is 0 Å². The van der Waals surface area contributed by atoms with Gasteiger partial charge in [0, 0.05) is 32.6 Å². The smallest absolute Gasteiger partial charge is 0.194 e. The van der Waals surface area contributed by atoms with E-state index >= 15 is 0 Å². The molecule has 1 unspecified atom stereocenters. The zero-order valence-electron chi connectivity index (χ0n) is 19.7. The summed E-state index contributed by atoms with van der Waals surface area (Å²) < 4.78 is 5.38. The summed E-state index contributed by atoms with van der Waals surface area (Å²) in [5.74, 6) is 0.893. The van der Waals surface area contributed by atoms with Gasteiger partial charge in [-0.1, -0.05) is 38.1 Å². The summed E-state index contributed by atoms with van der Waals surface area (Å²) >= 11 is 1.64. The molecule has 0 spiro atoms. The van der Waals surface area contributed by atoms with Crippen LogP contribution in [0, 0.1) is 0 Å². The lowest BCUT2D eigenvalue weighted by molar-refractivity contribution is 0.119. The Hall–Kier alpha value is -1.23. The van der Waals surface area contributed by atoms with E-state index in [4.69, 9.17) is 14.7 Å². The van der Waals surface area contributed by atoms with E-state index in [1.54, 1.807) is 18.4 Å². The summed E-state index contributed by atoms with van der Waals surface area (Å²) in [6, 6.07) is 8.61. The third-order valence-electron chi connectivity index (χ3n) is 5.17. The third kappa shape index (κ3) is 8.67. The number of halogens is 1. The topological polar surface area (TPSA) is 53.0 Å². The monoisotopic (exact) mass is 559 g/mol. The number of aliphatic imine (C=N–C) groups is 1. The minimum absolute atomic E-state index is 0. The highest BCUT2D eigenvalue weighted by Crippen LogP contribution is 2.21. The molecule has 8 heteroatoms. The number of nitrogens with zero attached hydrogens (tertiary/aromatic N) is 4. The molecule has 1 N–H and O–H groups in total. The summed E-state index contributed by atoms with van der Waals surface area (Å²) in [5, 5.41) is 6.52. The normalized spacial score (nSPS) is 12.5. The molecule has 0 aliphatic heterocycles. The van der Waals surface area contributed by atoms with Gasteiger partial charge in [-0.05, 0) is 38.1 Å². The van der Waals surface area contributed by atoms with Crippen LogP contribution in [0.3, 0.4) is 0 Å². The Bertz CT molecular complexity index is 794. The summed E-state index contributed by atoms with van der Waals surface area (Å²) in [5.41, 5.74) is 3.66. The molecule has 0 aliphatic rings. The van der Waals surface area contributed by atoms with E-state index < -0.39 is 0 Å². The molecule has 6 nitrogen and oxygen atoms in total. The average Bonchev–Trinajstić information content (AvgIpc) is 3.23. The van der Waals surface area contributed by atoms with Crippen LogP contribution in [0.15, 0.2) is 34.6 Å². The molecule has 1 aromatic carbocycles. The van der Waals surface area contributed by atoms with Gasteiger partial charge < -0.3 is 15.0 Å². The van der Waals surface area contributed by atoms with Crippen molar-refractivity contribution in [2.45, 2.75) is 53.4 Å². The quantitative estimate of drug-likeness (QED) is 0.241. The maximum absolute atomic E-state index is 5.38. The van der Waals surface area contributed by atoms with Gasteiger partial charge in [-0.3, -0.25) is 4.90 Å². The van der Waals surface area contributed by atoms with E-state index in [9.17, 15) is 0 Å². The molecule has 0 fully saturated rings. The number of methoxy groups -OCH3 is 1. The largest absolute Gasteiger partial charge is 0.375 e. The fraction of sp³-hybridized carbons (Fsp3) is 0.565. The maximum atomic E-state index is 5.38. The van der Waals surface area contributed by atoms with Crippen LogP contribution in [0.5, 0.6) is 0 Å². The summed E-state index contributed by atoms with van der Waals surface area (Å²) in [4.78, 5) is 14.2. The second kappa shape index (κ2) is 14.8. The first kappa shape index (κ1) is 27.8. The highest BCUT2D eigenvalue weighted by Gasteiger charge is 2.13. The molecular weight excluding hydrogens is 521 g/mol. The van der Waals surface area contributed by atoms with Crippen molar-refractivity contribution in [2.75, 3.05) is 33.8 Å². The van der Waals surface area contributed by atoms with Crippen LogP contribution < -0.4 is 5.32 Å². The van der Waals surface area contributed by atoms with E-state index in [0.29, 0.717) is 13.1 Å². The Morgan fingerprint density at radius 2 is 1.84 bits per heavy atom. The Balaban J connectivity index is 0.00000480. The summed E-state index contributed by atoms with van der Waals surface area (Å²) in [6.07, 6.45) is 0.0262. The first-order chi connectivity index (χ1) is 14.5. The molecule has 31 heavy (non-hydrogen) atoms. The number of benzene rings is 1. The predicted octanol–water partition coefficient (Wildman–Crippen LogP) is 4.91. The summed E-state index contributed by atoms with van der Waals surface area (Å²) in [7, 11) is 3.77. The number of guanidine groups is 1. The van der Waals surface area contributed by atoms with Crippen molar-refractivity contribution in [3.05, 3.63) is 51.5 Å². The third-order valence-corrected chi connectivity index (χ3v) is 6.23. The van der Waals surface area contributed by atoms with Gasteiger partial charge in [-0.15, -0.1) is 35.3 Å². The number of ether oxygens (including phenoxy) is 1. The van der Waals surface area contributed by atoms with Gasteiger partial charge in [0.15, 0.2) is 5.96 Å². The van der Waals surface area contributed by atoms with Crippen molar-refractivity contribution < 1.29 is 4.74 Å². The molecular formula is C23H38IN5OS. The predicted molar refractivity (Wildman–Crippen MR) is 142 cm³/mol. The minimum atomic E-state index is 0. The van der Waals surface area contributed by atoms with E-state index in [0.717, 1.165) is 42.8 Å². The standard InChI is InChI=1S/C23H37N5OS.HI/c1-7-24-23(27(5)16-21-17-30-22(26-21)18(4)29-6)25-14-19-12-10-11-13-20(19)15-28(8-2)9-3;/h10-13,17-18H,7-9,14-16H2,1-6H3,(H,24,25);1H. The molecule has 1 atom stereocenters. The molecule has 0 bridgehead atoms. The van der Waals surface area contributed by atoms with Gasteiger partial charge in [0.2, 0.25) is 0 Å². The lowest BCUT2D eigenvalue weighted by Crippen LogP contribution is -2.38. The van der Waals surface area contributed by atoms with Gasteiger partial charge >= 0.3 is 0 Å². The van der Waals surface area contributed by atoms with E-state index in [2.05, 4.69) is 72.6 Å². The molecule has 2 aromatic rings. The SMILES string of the molecule is CCNC(=NCc1ccccc1CN(CC)CC)N(C)Cc1csc(C(C)OC)n1.I. The first-order valence-corrected chi connectivity index (χ1v) is 11.7. The molecule has 0 saturated heterocycles. The number of thiazole rings is 1. The molecule has 174 valence electrons. The van der Waals surface area contributed by atoms with Crippen LogP contribution in [0.4, 0.5) is 0 Å². The first-order valence-electron chi connectivity index (χ1n) is 10.8. The second-order valence-electron chi connectivity index (χ2n) is 7.31. The fourth-order valence-electron chi connectivity index (χ4n) is 3.18. The molecule has 2 rings (SSSR count). The molecule has 0 amide bonds. The second-order valence-corrected chi connectivity index (χ2v) is 8.20. The highest BCUT2D eigenvalue weighted by atomic mass is 127. The van der Waals surface area contributed by atoms with Crippen LogP contribution in [0.2, 0.25) is 0 Å². The van der Waals surface area contributed by atoms with Crippen LogP contribution in [0.1, 0.15) is 55.6 Å². The van der Waals surface area contributed by atoms with E-state index in [1.807, 2.05) is 6.92 Å². The minimum Gasteiger partial charge on any atom is -0.375 e. The highest BCUT2D eigenvalue weighted by molar-refractivity contribution is 14.0. The van der Waals surface area contributed by atoms with E-state index in [1.165, 1.54) is 11.1 Å². The van der Waals surface area contributed by atoms with Gasteiger partial charge in [0.1, 0.15) is 11.1 Å². The van der Waals surface area contributed by atoms with Gasteiger partial charge in [0.05, 0.1) is 18.8 Å². The zero-order valence-corrected chi connectivity index (χ0v) is 22.9. The Kier molecular flexibility index (Phi) is 13.2. The van der Waals surface area contributed by atoms with Crippen LogP contribution in [-0.2, 0) is 24.4 Å². The Labute approximate surface area is 209 Å². The molecule has 1 aromatic heterocycles. The number of rotatable bonds is 11. The van der Waals surface area contributed by atoms with E-state index in [-0.39, 0.29) is 30.1 Å². The maximum Gasteiger partial charge on any atom is 0.194 e. The molecule has 1 heterocycles. The number of hydrogen-bond donors (Lipinski definition) is 1. The lowest BCUT2D eigenvalue weighted by atomic mass is 10.1. The van der Waals surface area contributed by atoms with Crippen LogP contribution >= 0.6 is 35.3 Å². The number of hydrogen-bond acceptors (Lipinski definition) is 5.